The van der Waals surface area contributed by atoms with Crippen LogP contribution in [0.5, 0.6) is 0 Å². The second-order valence-electron chi connectivity index (χ2n) is 4.15. The van der Waals surface area contributed by atoms with Crippen molar-refractivity contribution in [2.75, 3.05) is 0 Å². The number of hydrogen-bond donors (Lipinski definition) is 2. The summed E-state index contributed by atoms with van der Waals surface area (Å²) in [5.74, 6) is -0.584. The lowest BCUT2D eigenvalue weighted by molar-refractivity contribution is 0.0849. The van der Waals surface area contributed by atoms with Crippen molar-refractivity contribution in [2.24, 2.45) is 0 Å². The minimum atomic E-state index is -0.295. The monoisotopic (exact) mass is 294 g/mol. The summed E-state index contributed by atoms with van der Waals surface area (Å²) in [6.07, 6.45) is 0. The van der Waals surface area contributed by atoms with E-state index in [1.165, 1.54) is 11.3 Å². The SMILES string of the molecule is Cc1ccc(C(=O)NNC(=O)c2cc(C)sc2C)s1. The van der Waals surface area contributed by atoms with E-state index >= 15 is 0 Å². The summed E-state index contributed by atoms with van der Waals surface area (Å²) in [5.41, 5.74) is 5.46. The van der Waals surface area contributed by atoms with Crippen molar-refractivity contribution in [3.63, 3.8) is 0 Å². The summed E-state index contributed by atoms with van der Waals surface area (Å²) in [5, 5.41) is 0. The molecule has 0 spiro atoms. The first-order chi connectivity index (χ1) is 8.97. The molecule has 4 nitrogen and oxygen atoms in total. The topological polar surface area (TPSA) is 58.2 Å². The van der Waals surface area contributed by atoms with Gasteiger partial charge >= 0.3 is 0 Å². The molecule has 2 amide bonds. The molecule has 0 aliphatic carbocycles. The van der Waals surface area contributed by atoms with Crippen molar-refractivity contribution in [1.29, 1.82) is 0 Å². The Morgan fingerprint density at radius 1 is 0.947 bits per heavy atom. The first kappa shape index (κ1) is 13.8. The third-order valence-corrected chi connectivity index (χ3v) is 4.50. The van der Waals surface area contributed by atoms with Gasteiger partial charge in [-0.1, -0.05) is 0 Å². The Hall–Kier alpha value is -1.66. The van der Waals surface area contributed by atoms with Crippen LogP contribution in [0.2, 0.25) is 0 Å². The molecule has 0 aliphatic heterocycles. The van der Waals surface area contributed by atoms with Crippen LogP contribution in [0.15, 0.2) is 18.2 Å². The summed E-state index contributed by atoms with van der Waals surface area (Å²) in [4.78, 5) is 27.3. The summed E-state index contributed by atoms with van der Waals surface area (Å²) >= 11 is 2.95. The Bertz CT molecular complexity index is 628. The molecule has 19 heavy (non-hydrogen) atoms. The molecular formula is C13H14N2O2S2. The van der Waals surface area contributed by atoms with Crippen LogP contribution in [0, 0.1) is 20.8 Å². The fourth-order valence-corrected chi connectivity index (χ4v) is 3.34. The Morgan fingerprint density at radius 2 is 1.63 bits per heavy atom. The highest BCUT2D eigenvalue weighted by molar-refractivity contribution is 7.14. The Kier molecular flexibility index (Phi) is 4.01. The summed E-state index contributed by atoms with van der Waals surface area (Å²) in [7, 11) is 0. The summed E-state index contributed by atoms with van der Waals surface area (Å²) in [6, 6.07) is 5.42. The molecule has 0 bridgehead atoms. The maximum absolute atomic E-state index is 11.9. The average Bonchev–Trinajstić information content (AvgIpc) is 2.92. The van der Waals surface area contributed by atoms with E-state index in [1.54, 1.807) is 17.4 Å². The Balaban J connectivity index is 1.97. The minimum absolute atomic E-state index is 0.288. The van der Waals surface area contributed by atoms with Crippen molar-refractivity contribution >= 4 is 34.5 Å². The van der Waals surface area contributed by atoms with E-state index in [9.17, 15) is 9.59 Å². The fraction of sp³-hybridized carbons (Fsp3) is 0.231. The highest BCUT2D eigenvalue weighted by Crippen LogP contribution is 2.20. The number of nitrogens with one attached hydrogen (secondary N) is 2. The highest BCUT2D eigenvalue weighted by atomic mass is 32.1. The number of hydrazine groups is 1. The van der Waals surface area contributed by atoms with E-state index in [0.717, 1.165) is 14.6 Å². The van der Waals surface area contributed by atoms with Crippen LogP contribution in [-0.2, 0) is 0 Å². The molecule has 0 radical (unpaired) electrons. The predicted molar refractivity (Wildman–Crippen MR) is 77.8 cm³/mol. The summed E-state index contributed by atoms with van der Waals surface area (Å²) < 4.78 is 0. The van der Waals surface area contributed by atoms with Crippen LogP contribution in [0.1, 0.15) is 34.7 Å². The molecule has 2 N–H and O–H groups in total. The van der Waals surface area contributed by atoms with E-state index in [1.807, 2.05) is 32.9 Å². The van der Waals surface area contributed by atoms with Crippen molar-refractivity contribution in [3.05, 3.63) is 43.3 Å². The Labute approximate surface area is 119 Å². The van der Waals surface area contributed by atoms with Gasteiger partial charge in [0.1, 0.15) is 0 Å². The molecule has 2 rings (SSSR count). The first-order valence-electron chi connectivity index (χ1n) is 5.71. The zero-order valence-electron chi connectivity index (χ0n) is 10.9. The highest BCUT2D eigenvalue weighted by Gasteiger charge is 2.13. The molecule has 0 aliphatic rings. The molecule has 0 atom stereocenters. The lowest BCUT2D eigenvalue weighted by Gasteiger charge is -2.05. The van der Waals surface area contributed by atoms with Crippen molar-refractivity contribution in [1.82, 2.24) is 10.9 Å². The van der Waals surface area contributed by atoms with Gasteiger partial charge in [-0.25, -0.2) is 0 Å². The molecule has 2 aromatic rings. The quantitative estimate of drug-likeness (QED) is 0.837. The second-order valence-corrected chi connectivity index (χ2v) is 6.89. The molecular weight excluding hydrogens is 280 g/mol. The van der Waals surface area contributed by atoms with Gasteiger partial charge in [-0.05, 0) is 39.0 Å². The van der Waals surface area contributed by atoms with Gasteiger partial charge < -0.3 is 0 Å². The van der Waals surface area contributed by atoms with Crippen LogP contribution in [-0.4, -0.2) is 11.8 Å². The zero-order valence-corrected chi connectivity index (χ0v) is 12.5. The number of carbonyl (C=O) groups excluding carboxylic acids is 2. The summed E-state index contributed by atoms with van der Waals surface area (Å²) in [6.45, 7) is 5.76. The van der Waals surface area contributed by atoms with Gasteiger partial charge in [-0.2, -0.15) is 0 Å². The average molecular weight is 294 g/mol. The van der Waals surface area contributed by atoms with Crippen molar-refractivity contribution in [2.45, 2.75) is 20.8 Å². The van der Waals surface area contributed by atoms with Crippen LogP contribution in [0.3, 0.4) is 0 Å². The van der Waals surface area contributed by atoms with Crippen LogP contribution < -0.4 is 10.9 Å². The van der Waals surface area contributed by atoms with E-state index in [0.29, 0.717) is 10.4 Å². The van der Waals surface area contributed by atoms with Gasteiger partial charge in [0.15, 0.2) is 0 Å². The molecule has 100 valence electrons. The number of amides is 2. The van der Waals surface area contributed by atoms with Gasteiger partial charge in [0.25, 0.3) is 11.8 Å². The zero-order chi connectivity index (χ0) is 14.0. The number of thiophene rings is 2. The molecule has 2 aromatic heterocycles. The maximum Gasteiger partial charge on any atom is 0.279 e. The minimum Gasteiger partial charge on any atom is -0.267 e. The number of hydrogen-bond acceptors (Lipinski definition) is 4. The van der Waals surface area contributed by atoms with Gasteiger partial charge in [-0.3, -0.25) is 20.4 Å². The van der Waals surface area contributed by atoms with Gasteiger partial charge in [-0.15, -0.1) is 22.7 Å². The van der Waals surface area contributed by atoms with E-state index in [4.69, 9.17) is 0 Å². The molecule has 0 unspecified atom stereocenters. The van der Waals surface area contributed by atoms with Crippen LogP contribution in [0.25, 0.3) is 0 Å². The third kappa shape index (κ3) is 3.21. The molecule has 6 heteroatoms. The predicted octanol–water partition coefficient (Wildman–Crippen LogP) is 2.81. The first-order valence-corrected chi connectivity index (χ1v) is 7.35. The second kappa shape index (κ2) is 5.54. The normalized spacial score (nSPS) is 10.3. The van der Waals surface area contributed by atoms with Crippen LogP contribution in [0.4, 0.5) is 0 Å². The third-order valence-electron chi connectivity index (χ3n) is 2.54. The van der Waals surface area contributed by atoms with Gasteiger partial charge in [0.05, 0.1) is 10.4 Å². The van der Waals surface area contributed by atoms with Crippen molar-refractivity contribution < 1.29 is 9.59 Å². The van der Waals surface area contributed by atoms with Crippen LogP contribution >= 0.6 is 22.7 Å². The lowest BCUT2D eigenvalue weighted by atomic mass is 10.2. The molecule has 0 saturated carbocycles. The number of carbonyl (C=O) groups is 2. The van der Waals surface area contributed by atoms with E-state index in [2.05, 4.69) is 10.9 Å². The van der Waals surface area contributed by atoms with Crippen molar-refractivity contribution in [3.8, 4) is 0 Å². The maximum atomic E-state index is 11.9. The van der Waals surface area contributed by atoms with E-state index in [-0.39, 0.29) is 11.8 Å². The van der Waals surface area contributed by atoms with Gasteiger partial charge in [0, 0.05) is 14.6 Å². The largest absolute Gasteiger partial charge is 0.279 e. The fourth-order valence-electron chi connectivity index (χ4n) is 1.66. The molecule has 2 heterocycles. The Morgan fingerprint density at radius 3 is 2.16 bits per heavy atom. The number of aryl methyl sites for hydroxylation is 3. The standard InChI is InChI=1S/C13H14N2O2S2/c1-7-4-5-11(19-7)13(17)15-14-12(16)10-6-8(2)18-9(10)3/h4-6H,1-3H3,(H,14,16)(H,15,17). The molecule has 0 aromatic carbocycles. The smallest absolute Gasteiger partial charge is 0.267 e. The lowest BCUT2D eigenvalue weighted by Crippen LogP contribution is -2.41. The van der Waals surface area contributed by atoms with E-state index < -0.39 is 0 Å². The number of rotatable bonds is 2. The molecule has 0 fully saturated rings. The molecule has 0 saturated heterocycles. The van der Waals surface area contributed by atoms with Gasteiger partial charge in [0.2, 0.25) is 0 Å².